The summed E-state index contributed by atoms with van der Waals surface area (Å²) in [6.07, 6.45) is 0.715. The van der Waals surface area contributed by atoms with Gasteiger partial charge < -0.3 is 15.0 Å². The Morgan fingerprint density at radius 2 is 1.83 bits per heavy atom. The number of carbonyl (C=O) groups is 2. The Hall–Kier alpha value is -3.94. The molecule has 2 amide bonds. The van der Waals surface area contributed by atoms with Gasteiger partial charge in [-0.05, 0) is 44.7 Å². The van der Waals surface area contributed by atoms with Gasteiger partial charge in [0, 0.05) is 23.4 Å². The Bertz CT molecular complexity index is 1340. The normalized spacial score (nSPS) is 12.7. The molecule has 0 unspecified atom stereocenters. The average Bonchev–Trinajstić information content (AvgIpc) is 2.87. The summed E-state index contributed by atoms with van der Waals surface area (Å²) in [6, 6.07) is 13.6. The van der Waals surface area contributed by atoms with Crippen LogP contribution in [0.4, 0.5) is 10.5 Å². The second-order valence-corrected chi connectivity index (χ2v) is 9.00. The van der Waals surface area contributed by atoms with E-state index in [0.717, 1.165) is 34.4 Å². The predicted molar refractivity (Wildman–Crippen MR) is 139 cm³/mol. The van der Waals surface area contributed by atoms with Crippen molar-refractivity contribution in [3.63, 3.8) is 0 Å². The summed E-state index contributed by atoms with van der Waals surface area (Å²) in [7, 11) is 0. The Kier molecular flexibility index (Phi) is 7.52. The van der Waals surface area contributed by atoms with Crippen LogP contribution in [0.1, 0.15) is 41.8 Å². The maximum Gasteiger partial charge on any atom is 0.410 e. The number of rotatable bonds is 6. The van der Waals surface area contributed by atoms with E-state index in [1.165, 1.54) is 4.57 Å². The molecule has 0 saturated carbocycles. The molecule has 0 aliphatic carbocycles. The lowest BCUT2D eigenvalue weighted by atomic mass is 10.0. The Morgan fingerprint density at radius 3 is 2.53 bits per heavy atom. The lowest BCUT2D eigenvalue weighted by Crippen LogP contribution is -2.42. The summed E-state index contributed by atoms with van der Waals surface area (Å²) in [4.78, 5) is 45.5. The second-order valence-electron chi connectivity index (χ2n) is 9.00. The molecular weight excluding hydrogens is 456 g/mol. The standard InChI is InChI=1S/C28H32N4O4/c1-5-20-9-7-8-19(4)25(20)30-24(33)17-32-26(21-12-10-18(3)11-13-21)29-23-16-31(28(35)36-6-2)15-14-22(23)27(32)34/h7-13H,5-6,14-17H2,1-4H3,(H,30,33). The highest BCUT2D eigenvalue weighted by Gasteiger charge is 2.27. The van der Waals surface area contributed by atoms with Gasteiger partial charge in [0.15, 0.2) is 0 Å². The van der Waals surface area contributed by atoms with Crippen LogP contribution in [0.3, 0.4) is 0 Å². The first kappa shape index (κ1) is 25.2. The fraction of sp³-hybridized carbons (Fsp3) is 0.357. The monoisotopic (exact) mass is 488 g/mol. The van der Waals surface area contributed by atoms with Gasteiger partial charge >= 0.3 is 6.09 Å². The Balaban J connectivity index is 1.73. The molecule has 3 aromatic rings. The molecule has 1 aliphatic heterocycles. The van der Waals surface area contributed by atoms with E-state index in [9.17, 15) is 14.4 Å². The van der Waals surface area contributed by atoms with Gasteiger partial charge in [-0.2, -0.15) is 0 Å². The number of ether oxygens (including phenoxy) is 1. The summed E-state index contributed by atoms with van der Waals surface area (Å²) in [5, 5.41) is 3.01. The van der Waals surface area contributed by atoms with Crippen LogP contribution < -0.4 is 10.9 Å². The maximum absolute atomic E-state index is 13.7. The number of hydrogen-bond acceptors (Lipinski definition) is 5. The lowest BCUT2D eigenvalue weighted by Gasteiger charge is -2.28. The fourth-order valence-electron chi connectivity index (χ4n) is 4.49. The summed E-state index contributed by atoms with van der Waals surface area (Å²) in [5.41, 5.74) is 5.41. The summed E-state index contributed by atoms with van der Waals surface area (Å²) in [6.45, 7) is 8.40. The van der Waals surface area contributed by atoms with Gasteiger partial charge in [-0.3, -0.25) is 14.2 Å². The zero-order chi connectivity index (χ0) is 25.8. The number of para-hydroxylation sites is 1. The van der Waals surface area contributed by atoms with E-state index < -0.39 is 6.09 Å². The van der Waals surface area contributed by atoms with E-state index in [4.69, 9.17) is 9.72 Å². The quantitative estimate of drug-likeness (QED) is 0.560. The molecule has 4 rings (SSSR count). The molecule has 0 spiro atoms. The minimum Gasteiger partial charge on any atom is -0.450 e. The maximum atomic E-state index is 13.7. The number of amides is 2. The molecule has 1 aromatic heterocycles. The smallest absolute Gasteiger partial charge is 0.410 e. The van der Waals surface area contributed by atoms with Crippen LogP contribution >= 0.6 is 0 Å². The zero-order valence-corrected chi connectivity index (χ0v) is 21.3. The number of aromatic nitrogens is 2. The van der Waals surface area contributed by atoms with Crippen molar-refractivity contribution in [2.75, 3.05) is 18.5 Å². The number of nitrogens with zero attached hydrogens (tertiary/aromatic N) is 3. The molecule has 0 bridgehead atoms. The van der Waals surface area contributed by atoms with Crippen LogP contribution in [0, 0.1) is 13.8 Å². The largest absolute Gasteiger partial charge is 0.450 e. The molecule has 0 atom stereocenters. The molecule has 188 valence electrons. The van der Waals surface area contributed by atoms with Gasteiger partial charge in [-0.15, -0.1) is 0 Å². The molecule has 1 N–H and O–H groups in total. The average molecular weight is 489 g/mol. The Labute approximate surface area is 210 Å². The van der Waals surface area contributed by atoms with Crippen LogP contribution in [0.15, 0.2) is 47.3 Å². The molecule has 0 saturated heterocycles. The number of fused-ring (bicyclic) bond motifs is 1. The SMILES string of the molecule is CCOC(=O)N1CCc2c(nc(-c3ccc(C)cc3)n(CC(=O)Nc3c(C)cccc3CC)c2=O)C1. The second kappa shape index (κ2) is 10.8. The zero-order valence-electron chi connectivity index (χ0n) is 21.3. The number of nitrogens with one attached hydrogen (secondary N) is 1. The van der Waals surface area contributed by atoms with Gasteiger partial charge in [0.25, 0.3) is 5.56 Å². The number of anilines is 1. The van der Waals surface area contributed by atoms with E-state index in [1.807, 2.05) is 63.2 Å². The summed E-state index contributed by atoms with van der Waals surface area (Å²) < 4.78 is 6.59. The van der Waals surface area contributed by atoms with Crippen molar-refractivity contribution in [1.29, 1.82) is 0 Å². The van der Waals surface area contributed by atoms with Crippen molar-refractivity contribution in [2.45, 2.75) is 53.6 Å². The molecule has 1 aliphatic rings. The van der Waals surface area contributed by atoms with Gasteiger partial charge in [-0.25, -0.2) is 9.78 Å². The number of hydrogen-bond donors (Lipinski definition) is 1. The highest BCUT2D eigenvalue weighted by molar-refractivity contribution is 5.92. The van der Waals surface area contributed by atoms with Crippen molar-refractivity contribution < 1.29 is 14.3 Å². The first-order valence-electron chi connectivity index (χ1n) is 12.3. The molecule has 2 aromatic carbocycles. The van der Waals surface area contributed by atoms with E-state index in [1.54, 1.807) is 11.8 Å². The molecule has 8 nitrogen and oxygen atoms in total. The van der Waals surface area contributed by atoms with E-state index >= 15 is 0 Å². The first-order chi connectivity index (χ1) is 17.3. The van der Waals surface area contributed by atoms with Crippen LogP contribution in [-0.2, 0) is 35.5 Å². The Morgan fingerprint density at radius 1 is 1.08 bits per heavy atom. The molecule has 2 heterocycles. The van der Waals surface area contributed by atoms with Gasteiger partial charge in [0.05, 0.1) is 18.8 Å². The first-order valence-corrected chi connectivity index (χ1v) is 12.3. The van der Waals surface area contributed by atoms with Gasteiger partial charge in [0.2, 0.25) is 5.91 Å². The molecule has 36 heavy (non-hydrogen) atoms. The highest BCUT2D eigenvalue weighted by Crippen LogP contribution is 2.24. The number of carbonyl (C=O) groups excluding carboxylic acids is 2. The number of aryl methyl sites for hydroxylation is 3. The number of benzene rings is 2. The minimum atomic E-state index is -0.421. The van der Waals surface area contributed by atoms with Crippen LogP contribution in [0.25, 0.3) is 11.4 Å². The highest BCUT2D eigenvalue weighted by atomic mass is 16.6. The van der Waals surface area contributed by atoms with Gasteiger partial charge in [-0.1, -0.05) is 55.0 Å². The van der Waals surface area contributed by atoms with Crippen molar-refractivity contribution in [1.82, 2.24) is 14.5 Å². The summed E-state index contributed by atoms with van der Waals surface area (Å²) in [5.74, 6) is 0.111. The predicted octanol–water partition coefficient (Wildman–Crippen LogP) is 4.24. The minimum absolute atomic E-state index is 0.165. The van der Waals surface area contributed by atoms with Crippen LogP contribution in [0.2, 0.25) is 0 Å². The van der Waals surface area contributed by atoms with Crippen molar-refractivity contribution in [3.05, 3.63) is 80.8 Å². The van der Waals surface area contributed by atoms with Crippen LogP contribution in [0.5, 0.6) is 0 Å². The van der Waals surface area contributed by atoms with Crippen molar-refractivity contribution >= 4 is 17.7 Å². The third kappa shape index (κ3) is 5.17. The summed E-state index contributed by atoms with van der Waals surface area (Å²) >= 11 is 0. The molecular formula is C28H32N4O4. The molecule has 0 fully saturated rings. The van der Waals surface area contributed by atoms with E-state index in [2.05, 4.69) is 5.32 Å². The lowest BCUT2D eigenvalue weighted by molar-refractivity contribution is -0.116. The van der Waals surface area contributed by atoms with Crippen molar-refractivity contribution in [2.24, 2.45) is 0 Å². The molecule has 8 heteroatoms. The van der Waals surface area contributed by atoms with Gasteiger partial charge in [0.1, 0.15) is 12.4 Å². The van der Waals surface area contributed by atoms with E-state index in [-0.39, 0.29) is 31.2 Å². The third-order valence-corrected chi connectivity index (χ3v) is 6.46. The topological polar surface area (TPSA) is 93.5 Å². The fourth-order valence-corrected chi connectivity index (χ4v) is 4.49. The van der Waals surface area contributed by atoms with Crippen molar-refractivity contribution in [3.8, 4) is 11.4 Å². The van der Waals surface area contributed by atoms with E-state index in [0.29, 0.717) is 30.0 Å². The third-order valence-electron chi connectivity index (χ3n) is 6.46. The van der Waals surface area contributed by atoms with Crippen LogP contribution in [-0.4, -0.2) is 39.6 Å². The molecule has 0 radical (unpaired) electrons.